The maximum Gasteiger partial charge on any atom is 0.122 e. The van der Waals surface area contributed by atoms with Gasteiger partial charge in [0.25, 0.3) is 0 Å². The van der Waals surface area contributed by atoms with Gasteiger partial charge in [0, 0.05) is 11.5 Å². The predicted molar refractivity (Wildman–Crippen MR) is 129 cm³/mol. The van der Waals surface area contributed by atoms with Crippen LogP contribution in [0.5, 0.6) is 11.5 Å². The van der Waals surface area contributed by atoms with E-state index in [0.29, 0.717) is 24.2 Å². The monoisotopic (exact) mass is 430 g/mol. The third-order valence-electron chi connectivity index (χ3n) is 5.66. The zero-order valence-electron chi connectivity index (χ0n) is 18.3. The Balaban J connectivity index is 1.78. The molecule has 0 bridgehead atoms. The zero-order valence-corrected chi connectivity index (χ0v) is 18.3. The molecule has 3 rings (SSSR count). The first kappa shape index (κ1) is 23.3. The number of hydrogen-bond acceptors (Lipinski definition) is 4. The Morgan fingerprint density at radius 2 is 1.59 bits per heavy atom. The Morgan fingerprint density at radius 3 is 2.22 bits per heavy atom. The van der Waals surface area contributed by atoms with E-state index in [4.69, 9.17) is 4.74 Å². The van der Waals surface area contributed by atoms with E-state index < -0.39 is 18.1 Å². The lowest BCUT2D eigenvalue weighted by molar-refractivity contribution is 0.0325. The highest BCUT2D eigenvalue weighted by atomic mass is 16.5. The third kappa shape index (κ3) is 5.88. The largest absolute Gasteiger partial charge is 0.507 e. The van der Waals surface area contributed by atoms with Gasteiger partial charge in [-0.05, 0) is 53.8 Å². The number of phenols is 1. The van der Waals surface area contributed by atoms with Crippen molar-refractivity contribution in [2.75, 3.05) is 7.11 Å². The van der Waals surface area contributed by atoms with Gasteiger partial charge in [0.2, 0.25) is 0 Å². The molecule has 0 aliphatic heterocycles. The summed E-state index contributed by atoms with van der Waals surface area (Å²) in [6.45, 7) is 3.83. The molecule has 3 aromatic rings. The van der Waals surface area contributed by atoms with E-state index in [2.05, 4.69) is 6.58 Å². The Kier molecular flexibility index (Phi) is 8.26. The zero-order chi connectivity index (χ0) is 22.9. The van der Waals surface area contributed by atoms with Gasteiger partial charge in [-0.15, -0.1) is 6.58 Å². The number of aliphatic hydroxyl groups is 2. The molecule has 0 aliphatic carbocycles. The standard InChI is InChI=1S/C28H30O4/c1-3-25(28(31)21-13-16-24(32-2)17-14-21)27(30)18-15-22(20-9-5-4-6-10-20)19-23-11-7-8-12-26(23)29/h3-14,16-17,19,25,27-31H,1,15,18H2,2H3/b22-19-/t25-,27-,28-/m1/s1. The maximum absolute atomic E-state index is 10.9. The molecule has 0 saturated heterocycles. The molecule has 166 valence electrons. The normalized spacial score (nSPS) is 14.4. The number of aliphatic hydroxyl groups excluding tert-OH is 2. The number of methoxy groups -OCH3 is 1. The summed E-state index contributed by atoms with van der Waals surface area (Å²) < 4.78 is 5.17. The summed E-state index contributed by atoms with van der Waals surface area (Å²) in [5, 5.41) is 32.0. The summed E-state index contributed by atoms with van der Waals surface area (Å²) in [4.78, 5) is 0. The van der Waals surface area contributed by atoms with Crippen molar-refractivity contribution in [3.05, 3.63) is 108 Å². The minimum absolute atomic E-state index is 0.209. The van der Waals surface area contributed by atoms with Gasteiger partial charge >= 0.3 is 0 Å². The van der Waals surface area contributed by atoms with Crippen molar-refractivity contribution in [3.8, 4) is 11.5 Å². The number of para-hydroxylation sites is 1. The van der Waals surface area contributed by atoms with Crippen LogP contribution in [0.25, 0.3) is 11.6 Å². The van der Waals surface area contributed by atoms with E-state index in [1.807, 2.05) is 48.5 Å². The average molecular weight is 431 g/mol. The minimum Gasteiger partial charge on any atom is -0.507 e. The van der Waals surface area contributed by atoms with Crippen molar-refractivity contribution in [2.24, 2.45) is 5.92 Å². The van der Waals surface area contributed by atoms with Crippen LogP contribution in [0.15, 0.2) is 91.5 Å². The van der Waals surface area contributed by atoms with Crippen LogP contribution in [0, 0.1) is 5.92 Å². The minimum atomic E-state index is -0.879. The summed E-state index contributed by atoms with van der Waals surface area (Å²) in [6, 6.07) is 24.2. The smallest absolute Gasteiger partial charge is 0.122 e. The van der Waals surface area contributed by atoms with Gasteiger partial charge in [0.1, 0.15) is 11.5 Å². The molecule has 0 fully saturated rings. The fraction of sp³-hybridized carbons (Fsp3) is 0.214. The van der Waals surface area contributed by atoms with Gasteiger partial charge in [-0.1, -0.05) is 66.7 Å². The Hall–Kier alpha value is -3.34. The molecule has 0 saturated carbocycles. The maximum atomic E-state index is 10.9. The first-order valence-corrected chi connectivity index (χ1v) is 10.7. The number of aromatic hydroxyl groups is 1. The fourth-order valence-corrected chi connectivity index (χ4v) is 3.76. The summed E-state index contributed by atoms with van der Waals surface area (Å²) in [7, 11) is 1.59. The van der Waals surface area contributed by atoms with Crippen molar-refractivity contribution >= 4 is 11.6 Å². The van der Waals surface area contributed by atoms with Crippen LogP contribution in [-0.2, 0) is 0 Å². The molecule has 32 heavy (non-hydrogen) atoms. The molecule has 4 nitrogen and oxygen atoms in total. The summed E-state index contributed by atoms with van der Waals surface area (Å²) in [6.07, 6.45) is 2.88. The molecule has 4 heteroatoms. The summed E-state index contributed by atoms with van der Waals surface area (Å²) in [5.74, 6) is 0.393. The molecular formula is C28H30O4. The van der Waals surface area contributed by atoms with Crippen molar-refractivity contribution < 1.29 is 20.1 Å². The van der Waals surface area contributed by atoms with Gasteiger partial charge in [0.15, 0.2) is 0 Å². The van der Waals surface area contributed by atoms with Crippen molar-refractivity contribution in [2.45, 2.75) is 25.0 Å². The van der Waals surface area contributed by atoms with Gasteiger partial charge in [0.05, 0.1) is 19.3 Å². The number of ether oxygens (including phenoxy) is 1. The molecule has 3 atom stereocenters. The van der Waals surface area contributed by atoms with Crippen LogP contribution < -0.4 is 4.74 Å². The predicted octanol–water partition coefficient (Wildman–Crippen LogP) is 5.62. The first-order valence-electron chi connectivity index (χ1n) is 10.7. The van der Waals surface area contributed by atoms with E-state index in [-0.39, 0.29) is 5.75 Å². The van der Waals surface area contributed by atoms with Crippen LogP contribution in [0.1, 0.15) is 35.6 Å². The van der Waals surface area contributed by atoms with Gasteiger partial charge in [-0.2, -0.15) is 0 Å². The lowest BCUT2D eigenvalue weighted by Gasteiger charge is -2.26. The number of allylic oxidation sites excluding steroid dienone is 1. The molecule has 3 aromatic carbocycles. The average Bonchev–Trinajstić information content (AvgIpc) is 2.83. The van der Waals surface area contributed by atoms with Gasteiger partial charge in [-0.25, -0.2) is 0 Å². The molecule has 0 radical (unpaired) electrons. The number of hydrogen-bond donors (Lipinski definition) is 3. The lowest BCUT2D eigenvalue weighted by Crippen LogP contribution is -2.25. The quantitative estimate of drug-likeness (QED) is 0.288. The highest BCUT2D eigenvalue weighted by Crippen LogP contribution is 2.32. The summed E-state index contributed by atoms with van der Waals surface area (Å²) in [5.41, 5.74) is 3.43. The number of phenolic OH excluding ortho intramolecular Hbond substituents is 1. The molecule has 0 amide bonds. The van der Waals surface area contributed by atoms with Crippen molar-refractivity contribution in [3.63, 3.8) is 0 Å². The Morgan fingerprint density at radius 1 is 0.938 bits per heavy atom. The first-order chi connectivity index (χ1) is 15.5. The fourth-order valence-electron chi connectivity index (χ4n) is 3.76. The summed E-state index contributed by atoms with van der Waals surface area (Å²) >= 11 is 0. The van der Waals surface area contributed by atoms with E-state index >= 15 is 0 Å². The van der Waals surface area contributed by atoms with E-state index in [1.165, 1.54) is 0 Å². The topological polar surface area (TPSA) is 69.9 Å². The van der Waals surface area contributed by atoms with Crippen LogP contribution in [0.4, 0.5) is 0 Å². The second-order valence-electron chi connectivity index (χ2n) is 7.73. The molecule has 3 N–H and O–H groups in total. The van der Waals surface area contributed by atoms with E-state index in [1.54, 1.807) is 49.6 Å². The highest BCUT2D eigenvalue weighted by molar-refractivity contribution is 5.83. The van der Waals surface area contributed by atoms with Gasteiger partial charge in [-0.3, -0.25) is 0 Å². The van der Waals surface area contributed by atoms with Crippen molar-refractivity contribution in [1.29, 1.82) is 0 Å². The van der Waals surface area contributed by atoms with Crippen LogP contribution in [0.3, 0.4) is 0 Å². The van der Waals surface area contributed by atoms with Crippen LogP contribution >= 0.6 is 0 Å². The van der Waals surface area contributed by atoms with E-state index in [0.717, 1.165) is 16.7 Å². The SMILES string of the molecule is C=C[C@H]([C@H](O)CC/C(=C/c1ccccc1O)c1ccccc1)[C@H](O)c1ccc(OC)cc1. The molecule has 0 heterocycles. The highest BCUT2D eigenvalue weighted by Gasteiger charge is 2.25. The lowest BCUT2D eigenvalue weighted by atomic mass is 9.87. The van der Waals surface area contributed by atoms with Crippen molar-refractivity contribution in [1.82, 2.24) is 0 Å². The van der Waals surface area contributed by atoms with Gasteiger partial charge < -0.3 is 20.1 Å². The molecule has 0 spiro atoms. The second kappa shape index (κ2) is 11.3. The third-order valence-corrected chi connectivity index (χ3v) is 5.66. The van der Waals surface area contributed by atoms with Crippen LogP contribution in [-0.4, -0.2) is 28.5 Å². The Labute approximate surface area is 189 Å². The molecule has 0 aliphatic rings. The van der Waals surface area contributed by atoms with Crippen LogP contribution in [0.2, 0.25) is 0 Å². The second-order valence-corrected chi connectivity index (χ2v) is 7.73. The Bertz CT molecular complexity index is 1020. The molecule has 0 aromatic heterocycles. The number of rotatable bonds is 10. The molecule has 0 unspecified atom stereocenters. The number of benzene rings is 3. The molecular weight excluding hydrogens is 400 g/mol. The van der Waals surface area contributed by atoms with E-state index in [9.17, 15) is 15.3 Å².